The number of rotatable bonds is 5. The molecule has 1 aliphatic carbocycles. The average Bonchev–Trinajstić information content (AvgIpc) is 3.23. The second-order valence-electron chi connectivity index (χ2n) is 6.42. The molecule has 2 aromatic carbocycles. The Bertz CT molecular complexity index is 1080. The third-order valence-corrected chi connectivity index (χ3v) is 4.73. The van der Waals surface area contributed by atoms with E-state index in [2.05, 4.69) is 5.32 Å². The average molecular weight is 375 g/mol. The minimum absolute atomic E-state index is 0.0566. The molecule has 1 atom stereocenters. The molecular weight excluding hydrogens is 358 g/mol. The summed E-state index contributed by atoms with van der Waals surface area (Å²) in [4.78, 5) is 25.5. The summed E-state index contributed by atoms with van der Waals surface area (Å²) < 4.78 is 5.31. The Balaban J connectivity index is 1.84. The number of phenolic OH excluding ortho intramolecular Hbond substituents is 1. The lowest BCUT2D eigenvalue weighted by Gasteiger charge is -2.26. The lowest BCUT2D eigenvalue weighted by atomic mass is 9.83. The number of fused-ring (bicyclic) bond motifs is 1. The second kappa shape index (κ2) is 7.17. The second-order valence-corrected chi connectivity index (χ2v) is 6.42. The van der Waals surface area contributed by atoms with Gasteiger partial charge in [0.05, 0.1) is 24.4 Å². The first-order valence-corrected chi connectivity index (χ1v) is 8.73. The molecule has 0 aliphatic heterocycles. The summed E-state index contributed by atoms with van der Waals surface area (Å²) in [5.41, 5.74) is 0.728. The third kappa shape index (κ3) is 3.00. The Morgan fingerprint density at radius 1 is 0.857 bits per heavy atom. The van der Waals surface area contributed by atoms with Crippen molar-refractivity contribution in [1.82, 2.24) is 5.32 Å². The fraction of sp³-hybridized carbons (Fsp3) is 0.0909. The monoisotopic (exact) mass is 375 g/mol. The minimum atomic E-state index is -0.906. The lowest BCUT2D eigenvalue weighted by Crippen LogP contribution is -2.33. The molecule has 4 rings (SSSR count). The van der Waals surface area contributed by atoms with Crippen molar-refractivity contribution in [1.29, 1.82) is 0 Å². The first kappa shape index (κ1) is 17.8. The normalized spacial score (nSPS) is 14.9. The molecule has 0 saturated heterocycles. The Kier molecular flexibility index (Phi) is 4.55. The maximum absolute atomic E-state index is 12.9. The van der Waals surface area contributed by atoms with E-state index >= 15 is 0 Å². The topological polar surface area (TPSA) is 99.8 Å². The van der Waals surface area contributed by atoms with Crippen molar-refractivity contribution in [2.45, 2.75) is 12.6 Å². The van der Waals surface area contributed by atoms with Gasteiger partial charge in [-0.1, -0.05) is 42.5 Å². The highest BCUT2D eigenvalue weighted by molar-refractivity contribution is 6.52. The number of aliphatic hydroxyl groups excluding tert-OH is 1. The van der Waals surface area contributed by atoms with Crippen LogP contribution in [0.1, 0.15) is 33.3 Å². The van der Waals surface area contributed by atoms with Gasteiger partial charge in [0.1, 0.15) is 17.3 Å². The molecule has 0 radical (unpaired) electrons. The zero-order valence-corrected chi connectivity index (χ0v) is 14.8. The van der Waals surface area contributed by atoms with Crippen molar-refractivity contribution in [2.24, 2.45) is 0 Å². The molecule has 0 amide bonds. The summed E-state index contributed by atoms with van der Waals surface area (Å²) in [6.45, 7) is 0.228. The zero-order chi connectivity index (χ0) is 19.7. The predicted octanol–water partition coefficient (Wildman–Crippen LogP) is 3.55. The van der Waals surface area contributed by atoms with E-state index in [0.29, 0.717) is 16.9 Å². The molecule has 0 bridgehead atoms. The quantitative estimate of drug-likeness (QED) is 0.590. The Hall–Kier alpha value is -3.64. The summed E-state index contributed by atoms with van der Waals surface area (Å²) in [6.07, 6.45) is 1.52. The van der Waals surface area contributed by atoms with E-state index in [4.69, 9.17) is 4.42 Å². The fourth-order valence-corrected chi connectivity index (χ4v) is 3.37. The molecule has 0 fully saturated rings. The van der Waals surface area contributed by atoms with Crippen LogP contribution in [-0.2, 0) is 11.3 Å². The summed E-state index contributed by atoms with van der Waals surface area (Å²) >= 11 is 0. The zero-order valence-electron chi connectivity index (χ0n) is 14.8. The van der Waals surface area contributed by atoms with Crippen molar-refractivity contribution in [3.63, 3.8) is 0 Å². The van der Waals surface area contributed by atoms with E-state index in [1.165, 1.54) is 18.4 Å². The highest BCUT2D eigenvalue weighted by Gasteiger charge is 2.38. The number of phenols is 1. The van der Waals surface area contributed by atoms with Crippen LogP contribution in [0.5, 0.6) is 5.75 Å². The van der Waals surface area contributed by atoms with Crippen LogP contribution >= 0.6 is 0 Å². The number of aromatic hydroxyl groups is 1. The fourth-order valence-electron chi connectivity index (χ4n) is 3.37. The maximum Gasteiger partial charge on any atom is 0.235 e. The summed E-state index contributed by atoms with van der Waals surface area (Å²) in [5, 5.41) is 24.3. The van der Waals surface area contributed by atoms with Gasteiger partial charge < -0.3 is 14.6 Å². The van der Waals surface area contributed by atoms with Crippen LogP contribution in [0, 0.1) is 0 Å². The molecule has 1 aromatic heterocycles. The van der Waals surface area contributed by atoms with Crippen LogP contribution in [-0.4, -0.2) is 21.8 Å². The number of aliphatic hydroxyl groups is 1. The van der Waals surface area contributed by atoms with Gasteiger partial charge in [0, 0.05) is 16.7 Å². The van der Waals surface area contributed by atoms with Crippen molar-refractivity contribution in [2.75, 3.05) is 0 Å². The molecule has 3 N–H and O–H groups in total. The SMILES string of the molecule is O=C1C(=O)c2ccccc2C(O)=C1C(NCc1ccco1)c1ccccc1O. The first-order valence-electron chi connectivity index (χ1n) is 8.73. The molecule has 0 saturated carbocycles. The largest absolute Gasteiger partial charge is 0.508 e. The Morgan fingerprint density at radius 3 is 2.29 bits per heavy atom. The van der Waals surface area contributed by atoms with Crippen molar-refractivity contribution in [3.8, 4) is 5.75 Å². The molecule has 3 aromatic rings. The predicted molar refractivity (Wildman–Crippen MR) is 102 cm³/mol. The van der Waals surface area contributed by atoms with Gasteiger partial charge in [-0.05, 0) is 18.2 Å². The van der Waals surface area contributed by atoms with E-state index in [0.717, 1.165) is 0 Å². The highest BCUT2D eigenvalue weighted by atomic mass is 16.3. The van der Waals surface area contributed by atoms with Crippen LogP contribution in [0.3, 0.4) is 0 Å². The number of nitrogens with one attached hydrogen (secondary N) is 1. The number of Topliss-reactive ketones (excluding diaryl/α,β-unsaturated/α-hetero) is 2. The number of ketones is 2. The van der Waals surface area contributed by atoms with Crippen molar-refractivity contribution < 1.29 is 24.2 Å². The molecular formula is C22H17NO5. The third-order valence-electron chi connectivity index (χ3n) is 4.73. The van der Waals surface area contributed by atoms with Gasteiger partial charge in [-0.15, -0.1) is 0 Å². The summed E-state index contributed by atoms with van der Waals surface area (Å²) in [6, 6.07) is 15.5. The van der Waals surface area contributed by atoms with Crippen LogP contribution in [0.2, 0.25) is 0 Å². The molecule has 1 aliphatic rings. The van der Waals surface area contributed by atoms with E-state index in [1.54, 1.807) is 48.5 Å². The van der Waals surface area contributed by atoms with Gasteiger partial charge in [-0.3, -0.25) is 14.9 Å². The number of carbonyl (C=O) groups excluding carboxylic acids is 2. The van der Waals surface area contributed by atoms with Gasteiger partial charge >= 0.3 is 0 Å². The minimum Gasteiger partial charge on any atom is -0.508 e. The number of benzene rings is 2. The number of hydrogen-bond acceptors (Lipinski definition) is 6. The number of carbonyl (C=O) groups is 2. The molecule has 1 heterocycles. The smallest absolute Gasteiger partial charge is 0.235 e. The standard InChI is InChI=1S/C22H17NO5/c24-17-10-4-3-9-16(17)19(23-12-13-6-5-11-28-13)18-20(25)14-7-1-2-8-15(14)21(26)22(18)27/h1-11,19,23-25H,12H2. The van der Waals surface area contributed by atoms with E-state index in [1.807, 2.05) is 0 Å². The first-order chi connectivity index (χ1) is 13.6. The van der Waals surface area contributed by atoms with Crippen LogP contribution in [0.25, 0.3) is 5.76 Å². The number of para-hydroxylation sites is 1. The molecule has 28 heavy (non-hydrogen) atoms. The van der Waals surface area contributed by atoms with Crippen LogP contribution < -0.4 is 5.32 Å². The van der Waals surface area contributed by atoms with Gasteiger partial charge in [0.15, 0.2) is 0 Å². The molecule has 6 heteroatoms. The van der Waals surface area contributed by atoms with Crippen molar-refractivity contribution >= 4 is 17.3 Å². The van der Waals surface area contributed by atoms with Gasteiger partial charge in [0.2, 0.25) is 11.6 Å². The van der Waals surface area contributed by atoms with Gasteiger partial charge in [-0.2, -0.15) is 0 Å². The van der Waals surface area contributed by atoms with E-state index in [9.17, 15) is 19.8 Å². The maximum atomic E-state index is 12.9. The van der Waals surface area contributed by atoms with Crippen LogP contribution in [0.4, 0.5) is 0 Å². The van der Waals surface area contributed by atoms with Crippen molar-refractivity contribution in [3.05, 3.63) is 95.0 Å². The van der Waals surface area contributed by atoms with E-state index in [-0.39, 0.29) is 29.2 Å². The lowest BCUT2D eigenvalue weighted by molar-refractivity contribution is -0.112. The molecule has 140 valence electrons. The van der Waals surface area contributed by atoms with Crippen LogP contribution in [0.15, 0.2) is 76.9 Å². The van der Waals surface area contributed by atoms with Gasteiger partial charge in [0.25, 0.3) is 0 Å². The van der Waals surface area contributed by atoms with E-state index < -0.39 is 17.6 Å². The highest BCUT2D eigenvalue weighted by Crippen LogP contribution is 2.37. The Labute approximate surface area is 160 Å². The molecule has 1 unspecified atom stereocenters. The van der Waals surface area contributed by atoms with Gasteiger partial charge in [-0.25, -0.2) is 0 Å². The number of furan rings is 1. The number of hydrogen-bond donors (Lipinski definition) is 3. The molecule has 0 spiro atoms. The summed E-state index contributed by atoms with van der Waals surface area (Å²) in [7, 11) is 0. The Morgan fingerprint density at radius 2 is 1.57 bits per heavy atom. The summed E-state index contributed by atoms with van der Waals surface area (Å²) in [5.74, 6) is -1.23. The molecule has 6 nitrogen and oxygen atoms in total.